The number of benzene rings is 1. The van der Waals surface area contributed by atoms with E-state index in [-0.39, 0.29) is 11.8 Å². The first-order valence-electron chi connectivity index (χ1n) is 8.46. The molecule has 0 radical (unpaired) electrons. The predicted molar refractivity (Wildman–Crippen MR) is 94.4 cm³/mol. The number of nitrogens with one attached hydrogen (secondary N) is 3. The number of quaternary nitrogens is 1. The Hall–Kier alpha value is -2.08. The first-order chi connectivity index (χ1) is 11.4. The highest BCUT2D eigenvalue weighted by Gasteiger charge is 2.26. The normalized spacial score (nSPS) is 23.4. The van der Waals surface area contributed by atoms with Gasteiger partial charge in [0.1, 0.15) is 5.75 Å². The fourth-order valence-corrected chi connectivity index (χ4v) is 3.57. The summed E-state index contributed by atoms with van der Waals surface area (Å²) in [6, 6.07) is 5.20. The van der Waals surface area contributed by atoms with Crippen molar-refractivity contribution in [3.05, 3.63) is 18.2 Å². The molecule has 1 heterocycles. The van der Waals surface area contributed by atoms with Crippen molar-refractivity contribution < 1.29 is 19.2 Å². The summed E-state index contributed by atoms with van der Waals surface area (Å²) in [5, 5.41) is 5.63. The highest BCUT2D eigenvalue weighted by molar-refractivity contribution is 5.95. The third-order valence-corrected chi connectivity index (χ3v) is 4.28. The molecule has 2 atom stereocenters. The monoisotopic (exact) mass is 334 g/mol. The summed E-state index contributed by atoms with van der Waals surface area (Å²) in [6.45, 7) is 8.44. The summed E-state index contributed by atoms with van der Waals surface area (Å²) in [7, 11) is 1.56. The van der Waals surface area contributed by atoms with Crippen molar-refractivity contribution >= 4 is 23.2 Å². The van der Waals surface area contributed by atoms with E-state index in [1.165, 1.54) is 18.2 Å². The highest BCUT2D eigenvalue weighted by Crippen LogP contribution is 2.27. The zero-order valence-electron chi connectivity index (χ0n) is 14.9. The largest absolute Gasteiger partial charge is 0.495 e. The average Bonchev–Trinajstić information content (AvgIpc) is 2.45. The first-order valence-corrected chi connectivity index (χ1v) is 8.46. The van der Waals surface area contributed by atoms with Gasteiger partial charge in [-0.15, -0.1) is 0 Å². The Morgan fingerprint density at radius 2 is 1.88 bits per heavy atom. The summed E-state index contributed by atoms with van der Waals surface area (Å²) < 4.78 is 5.30. The maximum atomic E-state index is 12.4. The van der Waals surface area contributed by atoms with Gasteiger partial charge in [0.05, 0.1) is 25.9 Å². The van der Waals surface area contributed by atoms with Crippen LogP contribution in [-0.2, 0) is 9.59 Å². The lowest BCUT2D eigenvalue weighted by molar-refractivity contribution is -0.904. The van der Waals surface area contributed by atoms with Crippen molar-refractivity contribution in [3.63, 3.8) is 0 Å². The van der Waals surface area contributed by atoms with E-state index < -0.39 is 0 Å². The zero-order valence-corrected chi connectivity index (χ0v) is 14.9. The van der Waals surface area contributed by atoms with Crippen LogP contribution in [0.15, 0.2) is 18.2 Å². The first kappa shape index (κ1) is 18.3. The number of hydrogen-bond acceptors (Lipinski definition) is 3. The van der Waals surface area contributed by atoms with Gasteiger partial charge in [-0.3, -0.25) is 9.59 Å². The SMILES string of the molecule is COc1ccc(NC(C)=O)cc1NC(=O)C[NH+]1C[C@H](C)C[C@@H](C)C1. The van der Waals surface area contributed by atoms with Crippen molar-refractivity contribution in [3.8, 4) is 5.75 Å². The Bertz CT molecular complexity index is 593. The van der Waals surface area contributed by atoms with Gasteiger partial charge in [0.25, 0.3) is 5.91 Å². The molecule has 3 N–H and O–H groups in total. The Morgan fingerprint density at radius 1 is 1.21 bits per heavy atom. The van der Waals surface area contributed by atoms with Crippen molar-refractivity contribution in [2.45, 2.75) is 27.2 Å². The van der Waals surface area contributed by atoms with Crippen LogP contribution in [-0.4, -0.2) is 38.6 Å². The van der Waals surface area contributed by atoms with Crippen LogP contribution in [0.2, 0.25) is 0 Å². The van der Waals surface area contributed by atoms with Crippen LogP contribution in [0, 0.1) is 11.8 Å². The van der Waals surface area contributed by atoms with Gasteiger partial charge in [-0.25, -0.2) is 0 Å². The molecule has 1 aromatic rings. The maximum absolute atomic E-state index is 12.4. The fourth-order valence-electron chi connectivity index (χ4n) is 3.57. The van der Waals surface area contributed by atoms with Gasteiger partial charge in [-0.05, 0) is 24.6 Å². The van der Waals surface area contributed by atoms with E-state index in [0.717, 1.165) is 13.1 Å². The average molecular weight is 334 g/mol. The van der Waals surface area contributed by atoms with Crippen LogP contribution >= 0.6 is 0 Å². The lowest BCUT2D eigenvalue weighted by atomic mass is 9.92. The number of amides is 2. The van der Waals surface area contributed by atoms with E-state index >= 15 is 0 Å². The van der Waals surface area contributed by atoms with Crippen molar-refractivity contribution in [2.75, 3.05) is 37.4 Å². The van der Waals surface area contributed by atoms with Crippen molar-refractivity contribution in [1.82, 2.24) is 0 Å². The van der Waals surface area contributed by atoms with Crippen LogP contribution in [0.25, 0.3) is 0 Å². The molecular weight excluding hydrogens is 306 g/mol. The second-order valence-corrected chi connectivity index (χ2v) is 6.93. The number of rotatable bonds is 5. The molecule has 6 heteroatoms. The number of likely N-dealkylation sites (tertiary alicyclic amines) is 1. The molecular formula is C18H28N3O3+. The van der Waals surface area contributed by atoms with Crippen LogP contribution in [0.5, 0.6) is 5.75 Å². The number of methoxy groups -OCH3 is 1. The summed E-state index contributed by atoms with van der Waals surface area (Å²) in [6.07, 6.45) is 1.23. The third kappa shape index (κ3) is 5.23. The molecule has 24 heavy (non-hydrogen) atoms. The van der Waals surface area contributed by atoms with Crippen LogP contribution < -0.4 is 20.3 Å². The lowest BCUT2D eigenvalue weighted by Crippen LogP contribution is -3.15. The van der Waals surface area contributed by atoms with Gasteiger partial charge in [-0.1, -0.05) is 13.8 Å². The molecule has 0 aliphatic carbocycles. The maximum Gasteiger partial charge on any atom is 0.279 e. The van der Waals surface area contributed by atoms with E-state index in [4.69, 9.17) is 4.74 Å². The number of ether oxygens (including phenoxy) is 1. The molecule has 132 valence electrons. The Morgan fingerprint density at radius 3 is 2.46 bits per heavy atom. The van der Waals surface area contributed by atoms with Gasteiger partial charge in [-0.2, -0.15) is 0 Å². The molecule has 1 fully saturated rings. The molecule has 0 bridgehead atoms. The van der Waals surface area contributed by atoms with Gasteiger partial charge in [0.2, 0.25) is 5.91 Å². The number of carbonyl (C=O) groups is 2. The second kappa shape index (κ2) is 8.15. The Labute approximate surface area is 143 Å². The Balaban J connectivity index is 2.03. The van der Waals surface area contributed by atoms with Gasteiger partial charge >= 0.3 is 0 Å². The summed E-state index contributed by atoms with van der Waals surface area (Å²) >= 11 is 0. The summed E-state index contributed by atoms with van der Waals surface area (Å²) in [5.74, 6) is 1.68. The lowest BCUT2D eigenvalue weighted by Gasteiger charge is -2.31. The number of anilines is 2. The van der Waals surface area contributed by atoms with Crippen molar-refractivity contribution in [1.29, 1.82) is 0 Å². The Kier molecular flexibility index (Phi) is 6.20. The second-order valence-electron chi connectivity index (χ2n) is 6.93. The van der Waals surface area contributed by atoms with Crippen molar-refractivity contribution in [2.24, 2.45) is 11.8 Å². The van der Waals surface area contributed by atoms with E-state index in [9.17, 15) is 9.59 Å². The summed E-state index contributed by atoms with van der Waals surface area (Å²) in [5.41, 5.74) is 1.21. The molecule has 0 aromatic heterocycles. The van der Waals surface area contributed by atoms with Gasteiger partial charge in [0, 0.05) is 24.4 Å². The quantitative estimate of drug-likeness (QED) is 0.756. The highest BCUT2D eigenvalue weighted by atomic mass is 16.5. The van der Waals surface area contributed by atoms with E-state index in [1.54, 1.807) is 25.3 Å². The van der Waals surface area contributed by atoms with Gasteiger partial charge in [0.15, 0.2) is 6.54 Å². The molecule has 1 saturated heterocycles. The minimum atomic E-state index is -0.154. The van der Waals surface area contributed by atoms with Crippen LogP contribution in [0.3, 0.4) is 0 Å². The molecule has 1 aliphatic rings. The molecule has 0 unspecified atom stereocenters. The standard InChI is InChI=1S/C18H27N3O3/c1-12-7-13(2)10-21(9-12)11-18(23)20-16-8-15(19-14(3)22)5-6-17(16)24-4/h5-6,8,12-13H,7,9-11H2,1-4H3,(H,19,22)(H,20,23)/p+1/t12-,13-/m1/s1. The minimum Gasteiger partial charge on any atom is -0.495 e. The fraction of sp³-hybridized carbons (Fsp3) is 0.556. The number of piperidine rings is 1. The minimum absolute atomic E-state index is 0.0374. The number of carbonyl (C=O) groups excluding carboxylic acids is 2. The van der Waals surface area contributed by atoms with Crippen LogP contribution in [0.4, 0.5) is 11.4 Å². The molecule has 0 saturated carbocycles. The van der Waals surface area contributed by atoms with Crippen LogP contribution in [0.1, 0.15) is 27.2 Å². The topological polar surface area (TPSA) is 71.9 Å². The van der Waals surface area contributed by atoms with E-state index in [0.29, 0.717) is 35.5 Å². The number of hydrogen-bond donors (Lipinski definition) is 3. The molecule has 2 rings (SSSR count). The smallest absolute Gasteiger partial charge is 0.279 e. The molecule has 1 aliphatic heterocycles. The van der Waals surface area contributed by atoms with E-state index in [1.807, 2.05) is 0 Å². The zero-order chi connectivity index (χ0) is 17.7. The molecule has 0 spiro atoms. The molecule has 1 aromatic carbocycles. The van der Waals surface area contributed by atoms with E-state index in [2.05, 4.69) is 24.5 Å². The van der Waals surface area contributed by atoms with Gasteiger partial charge < -0.3 is 20.3 Å². The third-order valence-electron chi connectivity index (χ3n) is 4.28. The molecule has 2 amide bonds. The summed E-state index contributed by atoms with van der Waals surface area (Å²) in [4.78, 5) is 24.9. The molecule has 6 nitrogen and oxygen atoms in total. The predicted octanol–water partition coefficient (Wildman–Crippen LogP) is 1.15.